The standard InChI is InChI=1S/C22H14N4O3S/c27-21-19-20(14-7-3-1-4-8-14)30-22(23-15-9-5-2-6-10-15)25(19)18-13-16(26(28)29)11-12-17(18)24-21/h1-13H,(H,24,27). The molecular weight excluding hydrogens is 400 g/mol. The number of non-ortho nitro benzene ring substituents is 1. The molecule has 0 spiro atoms. The normalized spacial score (nSPS) is 11.9. The van der Waals surface area contributed by atoms with E-state index in [1.165, 1.54) is 23.5 Å². The van der Waals surface area contributed by atoms with Crippen molar-refractivity contribution in [2.75, 3.05) is 0 Å². The Bertz CT molecular complexity index is 1530. The number of benzene rings is 3. The number of nitro groups is 1. The maximum Gasteiger partial charge on any atom is 0.274 e. The van der Waals surface area contributed by atoms with Gasteiger partial charge >= 0.3 is 0 Å². The molecule has 0 amide bonds. The van der Waals surface area contributed by atoms with Gasteiger partial charge in [-0.2, -0.15) is 0 Å². The van der Waals surface area contributed by atoms with Gasteiger partial charge in [-0.1, -0.05) is 59.9 Å². The summed E-state index contributed by atoms with van der Waals surface area (Å²) in [7, 11) is 0. The Morgan fingerprint density at radius 2 is 1.67 bits per heavy atom. The first-order valence-electron chi connectivity index (χ1n) is 9.13. The van der Waals surface area contributed by atoms with Crippen molar-refractivity contribution in [2.24, 2.45) is 4.99 Å². The third-order valence-electron chi connectivity index (χ3n) is 4.74. The molecule has 0 fully saturated rings. The van der Waals surface area contributed by atoms with Gasteiger partial charge in [-0.05, 0) is 23.8 Å². The van der Waals surface area contributed by atoms with Gasteiger partial charge in [-0.3, -0.25) is 19.3 Å². The topological polar surface area (TPSA) is 92.8 Å². The molecule has 0 saturated carbocycles. The minimum absolute atomic E-state index is 0.0542. The Morgan fingerprint density at radius 1 is 0.967 bits per heavy atom. The van der Waals surface area contributed by atoms with Crippen molar-refractivity contribution >= 4 is 39.3 Å². The number of nitrogens with one attached hydrogen (secondary N) is 1. The molecule has 8 heteroatoms. The van der Waals surface area contributed by atoms with Crippen molar-refractivity contribution < 1.29 is 4.92 Å². The van der Waals surface area contributed by atoms with Crippen LogP contribution in [0.1, 0.15) is 0 Å². The van der Waals surface area contributed by atoms with Crippen molar-refractivity contribution in [3.8, 4) is 10.4 Å². The molecule has 3 aromatic carbocycles. The Balaban J connectivity index is 1.98. The molecule has 0 atom stereocenters. The average Bonchev–Trinajstić information content (AvgIpc) is 3.15. The molecule has 146 valence electrons. The van der Waals surface area contributed by atoms with Crippen LogP contribution < -0.4 is 10.4 Å². The molecule has 0 radical (unpaired) electrons. The van der Waals surface area contributed by atoms with Gasteiger partial charge in [0.25, 0.3) is 11.2 Å². The van der Waals surface area contributed by atoms with Crippen molar-refractivity contribution in [2.45, 2.75) is 0 Å². The fraction of sp³-hybridized carbons (Fsp3) is 0. The largest absolute Gasteiger partial charge is 0.319 e. The second kappa shape index (κ2) is 7.09. The fourth-order valence-corrected chi connectivity index (χ4v) is 4.54. The molecule has 0 aliphatic rings. The summed E-state index contributed by atoms with van der Waals surface area (Å²) in [4.78, 5) is 32.8. The molecule has 2 aromatic heterocycles. The number of aromatic nitrogens is 2. The number of thiazole rings is 1. The molecule has 1 N–H and O–H groups in total. The van der Waals surface area contributed by atoms with Gasteiger partial charge in [0, 0.05) is 12.1 Å². The first-order chi connectivity index (χ1) is 14.6. The van der Waals surface area contributed by atoms with Crippen LogP contribution in [0, 0.1) is 10.1 Å². The highest BCUT2D eigenvalue weighted by Crippen LogP contribution is 2.29. The van der Waals surface area contributed by atoms with Gasteiger partial charge in [-0.25, -0.2) is 4.99 Å². The lowest BCUT2D eigenvalue weighted by molar-refractivity contribution is -0.384. The number of fused-ring (bicyclic) bond motifs is 3. The number of H-pyrrole nitrogens is 1. The molecule has 0 aliphatic carbocycles. The quantitative estimate of drug-likeness (QED) is 0.344. The van der Waals surface area contributed by atoms with Gasteiger partial charge in [0.05, 0.1) is 26.5 Å². The fourth-order valence-electron chi connectivity index (χ4n) is 3.39. The summed E-state index contributed by atoms with van der Waals surface area (Å²) in [6.45, 7) is 0. The summed E-state index contributed by atoms with van der Waals surface area (Å²) >= 11 is 1.37. The number of hydrogen-bond donors (Lipinski definition) is 1. The van der Waals surface area contributed by atoms with E-state index in [0.29, 0.717) is 21.4 Å². The van der Waals surface area contributed by atoms with Gasteiger partial charge in [0.15, 0.2) is 4.80 Å². The average molecular weight is 414 g/mol. The van der Waals surface area contributed by atoms with Crippen LogP contribution in [0.3, 0.4) is 0 Å². The highest BCUT2D eigenvalue weighted by Gasteiger charge is 2.17. The Labute approximate surface area is 173 Å². The van der Waals surface area contributed by atoms with Gasteiger partial charge in [0.2, 0.25) is 0 Å². The Morgan fingerprint density at radius 3 is 2.37 bits per heavy atom. The predicted molar refractivity (Wildman–Crippen MR) is 117 cm³/mol. The van der Waals surface area contributed by atoms with E-state index in [0.717, 1.165) is 16.1 Å². The summed E-state index contributed by atoms with van der Waals surface area (Å²) < 4.78 is 1.71. The number of nitrogens with zero attached hydrogens (tertiary/aromatic N) is 3. The van der Waals surface area contributed by atoms with Gasteiger partial charge in [0.1, 0.15) is 5.52 Å². The molecule has 0 saturated heterocycles. The zero-order chi connectivity index (χ0) is 20.7. The first kappa shape index (κ1) is 18.0. The highest BCUT2D eigenvalue weighted by atomic mass is 32.1. The number of hydrogen-bond acceptors (Lipinski definition) is 5. The Hall–Kier alpha value is -4.04. The Kier molecular flexibility index (Phi) is 4.26. The van der Waals surface area contributed by atoms with Crippen LogP contribution in [0.2, 0.25) is 0 Å². The van der Waals surface area contributed by atoms with Crippen LogP contribution in [0.4, 0.5) is 11.4 Å². The van der Waals surface area contributed by atoms with Crippen LogP contribution in [-0.2, 0) is 0 Å². The maximum absolute atomic E-state index is 13.0. The smallest absolute Gasteiger partial charge is 0.274 e. The zero-order valence-corrected chi connectivity index (χ0v) is 16.3. The van der Waals surface area contributed by atoms with Crippen LogP contribution in [0.5, 0.6) is 0 Å². The van der Waals surface area contributed by atoms with E-state index in [2.05, 4.69) is 4.98 Å². The number of para-hydroxylation sites is 1. The molecule has 5 rings (SSSR count). The lowest BCUT2D eigenvalue weighted by Crippen LogP contribution is -2.16. The van der Waals surface area contributed by atoms with Crippen molar-refractivity contribution in [3.63, 3.8) is 0 Å². The molecule has 5 aromatic rings. The molecular formula is C22H14N4O3S. The van der Waals surface area contributed by atoms with Crippen LogP contribution in [-0.4, -0.2) is 14.3 Å². The third-order valence-corrected chi connectivity index (χ3v) is 5.83. The van der Waals surface area contributed by atoms with Crippen molar-refractivity contribution in [1.82, 2.24) is 9.38 Å². The van der Waals surface area contributed by atoms with E-state index >= 15 is 0 Å². The maximum atomic E-state index is 13.0. The van der Waals surface area contributed by atoms with E-state index in [-0.39, 0.29) is 11.2 Å². The number of aromatic amines is 1. The van der Waals surface area contributed by atoms with E-state index in [4.69, 9.17) is 4.99 Å². The van der Waals surface area contributed by atoms with Crippen LogP contribution in [0.25, 0.3) is 27.0 Å². The predicted octanol–water partition coefficient (Wildman–Crippen LogP) is 4.65. The summed E-state index contributed by atoms with van der Waals surface area (Å²) in [6.07, 6.45) is 0. The highest BCUT2D eigenvalue weighted by molar-refractivity contribution is 7.13. The summed E-state index contributed by atoms with van der Waals surface area (Å²) in [5.41, 5.74) is 2.71. The number of rotatable bonds is 3. The lowest BCUT2D eigenvalue weighted by atomic mass is 10.2. The summed E-state index contributed by atoms with van der Waals surface area (Å²) in [5, 5.41) is 11.4. The minimum Gasteiger partial charge on any atom is -0.319 e. The molecule has 30 heavy (non-hydrogen) atoms. The van der Waals surface area contributed by atoms with Gasteiger partial charge < -0.3 is 4.98 Å². The molecule has 2 heterocycles. The van der Waals surface area contributed by atoms with E-state index in [1.54, 1.807) is 10.5 Å². The van der Waals surface area contributed by atoms with E-state index in [9.17, 15) is 14.9 Å². The minimum atomic E-state index is -0.449. The van der Waals surface area contributed by atoms with Crippen molar-refractivity contribution in [3.05, 3.63) is 104 Å². The lowest BCUT2D eigenvalue weighted by Gasteiger charge is -2.04. The second-order valence-electron chi connectivity index (χ2n) is 6.62. The summed E-state index contributed by atoms with van der Waals surface area (Å²) in [6, 6.07) is 23.4. The third kappa shape index (κ3) is 2.99. The molecule has 7 nitrogen and oxygen atoms in total. The molecule has 0 aliphatic heterocycles. The first-order valence-corrected chi connectivity index (χ1v) is 9.95. The molecule has 0 bridgehead atoms. The monoisotopic (exact) mass is 414 g/mol. The molecule has 0 unspecified atom stereocenters. The SMILES string of the molecule is O=c1[nH]c2ccc([N+](=O)[O-])cc2n2c(=Nc3ccccc3)sc(-c3ccccc3)c12. The number of nitro benzene ring substituents is 1. The van der Waals surface area contributed by atoms with Crippen molar-refractivity contribution in [1.29, 1.82) is 0 Å². The van der Waals surface area contributed by atoms with Crippen LogP contribution >= 0.6 is 11.3 Å². The summed E-state index contributed by atoms with van der Waals surface area (Å²) in [5.74, 6) is 0. The van der Waals surface area contributed by atoms with E-state index < -0.39 is 4.92 Å². The van der Waals surface area contributed by atoms with E-state index in [1.807, 2.05) is 60.7 Å². The zero-order valence-electron chi connectivity index (χ0n) is 15.5. The van der Waals surface area contributed by atoms with Gasteiger partial charge in [-0.15, -0.1) is 0 Å². The second-order valence-corrected chi connectivity index (χ2v) is 7.60. The van der Waals surface area contributed by atoms with Crippen LogP contribution in [0.15, 0.2) is 88.6 Å².